The molecule has 7 nitrogen and oxygen atoms in total. The molecule has 0 heterocycles. The van der Waals surface area contributed by atoms with Crippen LogP contribution in [0.1, 0.15) is 16.7 Å². The molecule has 0 spiro atoms. The van der Waals surface area contributed by atoms with Gasteiger partial charge in [0.2, 0.25) is 10.0 Å². The van der Waals surface area contributed by atoms with Gasteiger partial charge in [-0.05, 0) is 36.2 Å². The van der Waals surface area contributed by atoms with Crippen molar-refractivity contribution < 1.29 is 13.2 Å². The van der Waals surface area contributed by atoms with Crippen molar-refractivity contribution in [2.24, 2.45) is 4.99 Å². The second kappa shape index (κ2) is 12.7. The van der Waals surface area contributed by atoms with Crippen LogP contribution >= 0.6 is 24.0 Å². The molecule has 0 aromatic heterocycles. The molecule has 0 amide bonds. The lowest BCUT2D eigenvalue weighted by molar-refractivity contribution is 0.409. The largest absolute Gasteiger partial charge is 0.496 e. The highest BCUT2D eigenvalue weighted by Gasteiger charge is 2.08. The molecule has 0 fully saturated rings. The van der Waals surface area contributed by atoms with Gasteiger partial charge in [0.1, 0.15) is 5.75 Å². The average Bonchev–Trinajstić information content (AvgIpc) is 2.71. The van der Waals surface area contributed by atoms with Gasteiger partial charge in [-0.15, -0.1) is 24.0 Å². The van der Waals surface area contributed by atoms with E-state index in [9.17, 15) is 8.42 Å². The van der Waals surface area contributed by atoms with E-state index in [2.05, 4.69) is 20.3 Å². The highest BCUT2D eigenvalue weighted by atomic mass is 127. The van der Waals surface area contributed by atoms with Crippen LogP contribution in [0.4, 0.5) is 0 Å². The first kappa shape index (κ1) is 25.2. The number of hydrogen-bond acceptors (Lipinski definition) is 4. The van der Waals surface area contributed by atoms with E-state index in [1.165, 1.54) is 7.05 Å². The van der Waals surface area contributed by atoms with Crippen molar-refractivity contribution in [3.63, 3.8) is 0 Å². The Hall–Kier alpha value is -1.85. The number of benzene rings is 2. The minimum atomic E-state index is -3.26. The van der Waals surface area contributed by atoms with E-state index in [0.717, 1.165) is 35.4 Å². The molecule has 0 aliphatic rings. The van der Waals surface area contributed by atoms with Crippen molar-refractivity contribution in [2.75, 3.05) is 27.7 Å². The number of halogens is 1. The first-order chi connectivity index (χ1) is 13.5. The van der Waals surface area contributed by atoms with Crippen molar-refractivity contribution in [1.29, 1.82) is 0 Å². The van der Waals surface area contributed by atoms with Gasteiger partial charge in [0.15, 0.2) is 5.96 Å². The summed E-state index contributed by atoms with van der Waals surface area (Å²) in [5.41, 5.74) is 2.93. The molecule has 0 aliphatic heterocycles. The molecule has 0 radical (unpaired) electrons. The van der Waals surface area contributed by atoms with E-state index < -0.39 is 10.0 Å². The number of ether oxygens (including phenoxy) is 1. The van der Waals surface area contributed by atoms with Gasteiger partial charge in [-0.3, -0.25) is 4.99 Å². The van der Waals surface area contributed by atoms with Crippen LogP contribution in [0.3, 0.4) is 0 Å². The van der Waals surface area contributed by atoms with E-state index in [1.807, 2.05) is 48.5 Å². The molecule has 0 bridgehead atoms. The summed E-state index contributed by atoms with van der Waals surface area (Å²) in [5, 5.41) is 6.54. The van der Waals surface area contributed by atoms with Gasteiger partial charge in [0.05, 0.1) is 12.9 Å². The number of rotatable bonds is 9. The Morgan fingerprint density at radius 2 is 1.69 bits per heavy atom. The van der Waals surface area contributed by atoms with Gasteiger partial charge in [0.25, 0.3) is 0 Å². The fraction of sp³-hybridized carbons (Fsp3) is 0.350. The first-order valence-corrected chi connectivity index (χ1v) is 10.7. The van der Waals surface area contributed by atoms with Crippen molar-refractivity contribution in [3.8, 4) is 5.75 Å². The molecule has 3 N–H and O–H groups in total. The maximum Gasteiger partial charge on any atom is 0.215 e. The number of para-hydroxylation sites is 1. The van der Waals surface area contributed by atoms with E-state index in [-0.39, 0.29) is 29.7 Å². The summed E-state index contributed by atoms with van der Waals surface area (Å²) in [6.45, 7) is 1.31. The lowest BCUT2D eigenvalue weighted by Crippen LogP contribution is -2.37. The molecule has 0 atom stereocenters. The Morgan fingerprint density at radius 3 is 2.31 bits per heavy atom. The molecule has 0 saturated heterocycles. The van der Waals surface area contributed by atoms with E-state index >= 15 is 0 Å². The molecular formula is C20H29IN4O3S. The van der Waals surface area contributed by atoms with Crippen molar-refractivity contribution >= 4 is 40.0 Å². The average molecular weight is 532 g/mol. The fourth-order valence-electron chi connectivity index (χ4n) is 2.68. The molecule has 29 heavy (non-hydrogen) atoms. The smallest absolute Gasteiger partial charge is 0.215 e. The van der Waals surface area contributed by atoms with Crippen molar-refractivity contribution in [3.05, 3.63) is 65.2 Å². The molecule has 2 rings (SSSR count). The van der Waals surface area contributed by atoms with E-state index in [4.69, 9.17) is 4.74 Å². The Kier molecular flexibility index (Phi) is 11.0. The number of methoxy groups -OCH3 is 1. The van der Waals surface area contributed by atoms with Gasteiger partial charge in [-0.2, -0.15) is 0 Å². The Bertz CT molecular complexity index is 887. The lowest BCUT2D eigenvalue weighted by atomic mass is 10.1. The normalized spacial score (nSPS) is 11.5. The Morgan fingerprint density at radius 1 is 1.03 bits per heavy atom. The molecule has 9 heteroatoms. The van der Waals surface area contributed by atoms with Crippen LogP contribution in [-0.2, 0) is 28.7 Å². The minimum absolute atomic E-state index is 0. The van der Waals surface area contributed by atoms with Gasteiger partial charge in [-0.1, -0.05) is 42.5 Å². The highest BCUT2D eigenvalue weighted by Crippen LogP contribution is 2.17. The lowest BCUT2D eigenvalue weighted by Gasteiger charge is -2.13. The molecule has 160 valence electrons. The van der Waals surface area contributed by atoms with Crippen LogP contribution in [0.25, 0.3) is 0 Å². The number of guanidine groups is 1. The Balaban J connectivity index is 0.00000420. The van der Waals surface area contributed by atoms with Gasteiger partial charge < -0.3 is 15.4 Å². The number of nitrogens with zero attached hydrogens (tertiary/aromatic N) is 1. The van der Waals surface area contributed by atoms with Gasteiger partial charge >= 0.3 is 0 Å². The van der Waals surface area contributed by atoms with Gasteiger partial charge in [0, 0.05) is 20.1 Å². The summed E-state index contributed by atoms with van der Waals surface area (Å²) >= 11 is 0. The maximum absolute atomic E-state index is 11.6. The van der Waals surface area contributed by atoms with Crippen LogP contribution < -0.4 is 20.1 Å². The van der Waals surface area contributed by atoms with Crippen LogP contribution in [0.2, 0.25) is 0 Å². The molecule has 0 unspecified atom stereocenters. The Labute approximate surface area is 190 Å². The summed E-state index contributed by atoms with van der Waals surface area (Å²) in [6, 6.07) is 15.4. The summed E-state index contributed by atoms with van der Waals surface area (Å²) < 4.78 is 30.9. The summed E-state index contributed by atoms with van der Waals surface area (Å²) in [4.78, 5) is 4.23. The fourth-order valence-corrected chi connectivity index (χ4v) is 3.45. The number of aliphatic imine (C=N–C) groups is 1. The van der Waals surface area contributed by atoms with Crippen molar-refractivity contribution in [1.82, 2.24) is 15.4 Å². The molecule has 2 aromatic rings. The molecule has 0 saturated carbocycles. The number of hydrogen-bond donors (Lipinski definition) is 3. The second-order valence-electron chi connectivity index (χ2n) is 6.19. The van der Waals surface area contributed by atoms with Crippen LogP contribution in [-0.4, -0.2) is 42.1 Å². The standard InChI is InChI=1S/C20H28N4O3S.HI/c1-21-20(23-13-12-18-6-4-5-7-19(18)27-3)24-14-16-8-10-17(11-9-16)15-28(25,26)22-2;/h4-11,22H,12-15H2,1-3H3,(H2,21,23,24);1H. The topological polar surface area (TPSA) is 91.8 Å². The zero-order valence-electron chi connectivity index (χ0n) is 16.9. The maximum atomic E-state index is 11.6. The quantitative estimate of drug-likeness (QED) is 0.262. The zero-order chi connectivity index (χ0) is 20.4. The van der Waals surface area contributed by atoms with Crippen LogP contribution in [0, 0.1) is 0 Å². The summed E-state index contributed by atoms with van der Waals surface area (Å²) in [6.07, 6.45) is 0.819. The third kappa shape index (κ3) is 8.58. The molecule has 0 aliphatic carbocycles. The predicted molar refractivity (Wildman–Crippen MR) is 128 cm³/mol. The van der Waals surface area contributed by atoms with E-state index in [0.29, 0.717) is 12.5 Å². The monoisotopic (exact) mass is 532 g/mol. The summed E-state index contributed by atoms with van der Waals surface area (Å²) in [7, 11) is 1.56. The molecule has 2 aromatic carbocycles. The highest BCUT2D eigenvalue weighted by molar-refractivity contribution is 14.0. The number of sulfonamides is 1. The zero-order valence-corrected chi connectivity index (χ0v) is 20.1. The third-order valence-electron chi connectivity index (χ3n) is 4.25. The van der Waals surface area contributed by atoms with E-state index in [1.54, 1.807) is 14.2 Å². The number of nitrogens with one attached hydrogen (secondary N) is 3. The van der Waals surface area contributed by atoms with Crippen molar-refractivity contribution in [2.45, 2.75) is 18.7 Å². The van der Waals surface area contributed by atoms with Gasteiger partial charge in [-0.25, -0.2) is 13.1 Å². The second-order valence-corrected chi connectivity index (χ2v) is 8.12. The summed E-state index contributed by atoms with van der Waals surface area (Å²) in [5.74, 6) is 1.56. The third-order valence-corrected chi connectivity index (χ3v) is 5.59. The minimum Gasteiger partial charge on any atom is -0.496 e. The molecular weight excluding hydrogens is 503 g/mol. The first-order valence-electron chi connectivity index (χ1n) is 9.03. The van der Waals surface area contributed by atoms with Crippen LogP contribution in [0.15, 0.2) is 53.5 Å². The predicted octanol–water partition coefficient (Wildman–Crippen LogP) is 2.27. The van der Waals surface area contributed by atoms with Crippen LogP contribution in [0.5, 0.6) is 5.75 Å². The SMILES string of the molecule is CN=C(NCCc1ccccc1OC)NCc1ccc(CS(=O)(=O)NC)cc1.I.